The topological polar surface area (TPSA) is 4.93 Å². The Labute approximate surface area is 94.8 Å². The number of rotatable bonds is 2. The van der Waals surface area contributed by atoms with Crippen LogP contribution < -0.4 is 0 Å². The summed E-state index contributed by atoms with van der Waals surface area (Å²) >= 11 is 0. The third kappa shape index (κ3) is 1.78. The first-order valence-electron chi connectivity index (χ1n) is 5.19. The lowest BCUT2D eigenvalue weighted by atomic mass is 10.1. The van der Waals surface area contributed by atoms with Gasteiger partial charge in [0.2, 0.25) is 0 Å². The van der Waals surface area contributed by atoms with Gasteiger partial charge in [0.25, 0.3) is 0 Å². The minimum atomic E-state index is -0.208. The largest absolute Gasteiger partial charge is 0.325 e. The van der Waals surface area contributed by atoms with Crippen LogP contribution >= 0.6 is 0 Å². The Morgan fingerprint density at radius 3 is 2.31 bits per heavy atom. The van der Waals surface area contributed by atoms with E-state index in [9.17, 15) is 4.39 Å². The highest BCUT2D eigenvalue weighted by molar-refractivity contribution is 5.68. The van der Waals surface area contributed by atoms with Crippen molar-refractivity contribution in [3.05, 3.63) is 54.6 Å². The highest BCUT2D eigenvalue weighted by Gasteiger charge is 2.06. The minimum absolute atomic E-state index is 0.208. The second kappa shape index (κ2) is 3.97. The minimum Gasteiger partial charge on any atom is -0.325 e. The fourth-order valence-corrected chi connectivity index (χ4v) is 1.86. The van der Waals surface area contributed by atoms with Crippen LogP contribution in [0.5, 0.6) is 0 Å². The molecular weight excluding hydrogens is 201 g/mol. The van der Waals surface area contributed by atoms with Crippen molar-refractivity contribution < 1.29 is 4.39 Å². The number of nitrogens with zero attached hydrogens (tertiary/aromatic N) is 1. The molecule has 2 heteroatoms. The molecule has 0 bridgehead atoms. The van der Waals surface area contributed by atoms with Crippen LogP contribution in [0.2, 0.25) is 0 Å². The van der Waals surface area contributed by atoms with Gasteiger partial charge >= 0.3 is 0 Å². The summed E-state index contributed by atoms with van der Waals surface area (Å²) in [6.07, 6.45) is 1.98. The Morgan fingerprint density at radius 2 is 1.81 bits per heavy atom. The van der Waals surface area contributed by atoms with E-state index in [0.29, 0.717) is 0 Å². The highest BCUT2D eigenvalue weighted by Crippen LogP contribution is 2.25. The second-order valence-corrected chi connectivity index (χ2v) is 3.93. The summed E-state index contributed by atoms with van der Waals surface area (Å²) in [7, 11) is 0. The standard InChI is InChI=1S/C14H14FN/c1-10(2)16-9-8-14(11(16)3)12-4-6-13(15)7-5-12/h4-9H,1H2,2-3H3. The smallest absolute Gasteiger partial charge is 0.123 e. The molecule has 2 rings (SSSR count). The summed E-state index contributed by atoms with van der Waals surface area (Å²) in [6, 6.07) is 8.57. The number of aromatic nitrogens is 1. The first-order valence-corrected chi connectivity index (χ1v) is 5.19. The Kier molecular flexibility index (Phi) is 2.65. The molecule has 1 aromatic heterocycles. The Balaban J connectivity index is 2.49. The molecule has 0 saturated carbocycles. The Morgan fingerprint density at radius 1 is 1.19 bits per heavy atom. The summed E-state index contributed by atoms with van der Waals surface area (Å²) in [5.41, 5.74) is 4.24. The molecule has 0 spiro atoms. The van der Waals surface area contributed by atoms with Crippen molar-refractivity contribution in [2.45, 2.75) is 13.8 Å². The quantitative estimate of drug-likeness (QED) is 0.711. The first-order chi connectivity index (χ1) is 7.59. The molecule has 0 aliphatic carbocycles. The lowest BCUT2D eigenvalue weighted by Crippen LogP contribution is -1.93. The van der Waals surface area contributed by atoms with Crippen LogP contribution in [0.1, 0.15) is 12.6 Å². The van der Waals surface area contributed by atoms with Gasteiger partial charge in [0.15, 0.2) is 0 Å². The van der Waals surface area contributed by atoms with Crippen LogP contribution in [-0.4, -0.2) is 4.57 Å². The van der Waals surface area contributed by atoms with E-state index in [-0.39, 0.29) is 5.82 Å². The zero-order chi connectivity index (χ0) is 11.7. The summed E-state index contributed by atoms with van der Waals surface area (Å²) in [5.74, 6) is -0.208. The molecule has 1 nitrogen and oxygen atoms in total. The van der Waals surface area contributed by atoms with Crippen LogP contribution in [0.15, 0.2) is 43.1 Å². The van der Waals surface area contributed by atoms with E-state index in [2.05, 4.69) is 6.58 Å². The molecule has 1 heterocycles. The van der Waals surface area contributed by atoms with Gasteiger partial charge in [-0.05, 0) is 37.6 Å². The van der Waals surface area contributed by atoms with Crippen LogP contribution in [-0.2, 0) is 0 Å². The van der Waals surface area contributed by atoms with Gasteiger partial charge in [-0.25, -0.2) is 4.39 Å². The molecule has 0 radical (unpaired) electrons. The maximum absolute atomic E-state index is 12.8. The number of benzene rings is 1. The molecule has 82 valence electrons. The molecule has 0 aliphatic heterocycles. The number of halogens is 1. The maximum Gasteiger partial charge on any atom is 0.123 e. The van der Waals surface area contributed by atoms with Crippen molar-refractivity contribution in [3.63, 3.8) is 0 Å². The van der Waals surface area contributed by atoms with Gasteiger partial charge in [-0.3, -0.25) is 0 Å². The SMILES string of the molecule is C=C(C)n1ccc(-c2ccc(F)cc2)c1C. The van der Waals surface area contributed by atoms with Crippen LogP contribution in [0.25, 0.3) is 16.8 Å². The molecule has 0 saturated heterocycles. The van der Waals surface area contributed by atoms with Crippen molar-refractivity contribution in [1.29, 1.82) is 0 Å². The van der Waals surface area contributed by atoms with Crippen molar-refractivity contribution in [2.24, 2.45) is 0 Å². The Hall–Kier alpha value is -1.83. The van der Waals surface area contributed by atoms with Gasteiger partial charge in [-0.2, -0.15) is 0 Å². The van der Waals surface area contributed by atoms with E-state index < -0.39 is 0 Å². The maximum atomic E-state index is 12.8. The molecule has 0 N–H and O–H groups in total. The Bertz CT molecular complexity index is 520. The molecule has 0 atom stereocenters. The van der Waals surface area contributed by atoms with Crippen molar-refractivity contribution in [2.75, 3.05) is 0 Å². The third-order valence-corrected chi connectivity index (χ3v) is 2.71. The molecule has 0 aliphatic rings. The number of hydrogen-bond donors (Lipinski definition) is 0. The molecular formula is C14H14FN. The van der Waals surface area contributed by atoms with Crippen LogP contribution in [0.4, 0.5) is 4.39 Å². The van der Waals surface area contributed by atoms with Gasteiger partial charge in [0.1, 0.15) is 5.82 Å². The highest BCUT2D eigenvalue weighted by atomic mass is 19.1. The first kappa shape index (κ1) is 10.7. The van der Waals surface area contributed by atoms with E-state index in [1.54, 1.807) is 12.1 Å². The summed E-state index contributed by atoms with van der Waals surface area (Å²) < 4.78 is 14.8. The molecule has 0 unspecified atom stereocenters. The van der Waals surface area contributed by atoms with Gasteiger partial charge in [-0.1, -0.05) is 18.7 Å². The predicted octanol–water partition coefficient (Wildman–Crippen LogP) is 4.09. The third-order valence-electron chi connectivity index (χ3n) is 2.71. The van der Waals surface area contributed by atoms with Gasteiger partial charge < -0.3 is 4.57 Å². The second-order valence-electron chi connectivity index (χ2n) is 3.93. The van der Waals surface area contributed by atoms with Gasteiger partial charge in [0.05, 0.1) is 0 Å². The lowest BCUT2D eigenvalue weighted by molar-refractivity contribution is 0.628. The fourth-order valence-electron chi connectivity index (χ4n) is 1.86. The van der Waals surface area contributed by atoms with Crippen LogP contribution in [0.3, 0.4) is 0 Å². The molecule has 16 heavy (non-hydrogen) atoms. The average molecular weight is 215 g/mol. The summed E-state index contributed by atoms with van der Waals surface area (Å²) in [5, 5.41) is 0. The van der Waals surface area contributed by atoms with E-state index in [4.69, 9.17) is 0 Å². The van der Waals surface area contributed by atoms with Crippen molar-refractivity contribution in [1.82, 2.24) is 4.57 Å². The molecule has 0 amide bonds. The normalized spacial score (nSPS) is 10.4. The summed E-state index contributed by atoms with van der Waals surface area (Å²) in [6.45, 7) is 7.91. The molecule has 0 fully saturated rings. The fraction of sp³-hybridized carbons (Fsp3) is 0.143. The monoisotopic (exact) mass is 215 g/mol. The number of hydrogen-bond acceptors (Lipinski definition) is 0. The van der Waals surface area contributed by atoms with Crippen LogP contribution in [0, 0.1) is 12.7 Å². The van der Waals surface area contributed by atoms with Crippen molar-refractivity contribution >= 4 is 5.70 Å². The average Bonchev–Trinajstić information content (AvgIpc) is 2.61. The van der Waals surface area contributed by atoms with E-state index in [1.807, 2.05) is 30.7 Å². The number of allylic oxidation sites excluding steroid dienone is 1. The van der Waals surface area contributed by atoms with Crippen molar-refractivity contribution in [3.8, 4) is 11.1 Å². The molecule has 1 aromatic carbocycles. The van der Waals surface area contributed by atoms with Gasteiger partial charge in [0, 0.05) is 23.2 Å². The van der Waals surface area contributed by atoms with Gasteiger partial charge in [-0.15, -0.1) is 0 Å². The van der Waals surface area contributed by atoms with E-state index in [1.165, 1.54) is 12.1 Å². The lowest BCUT2D eigenvalue weighted by Gasteiger charge is -2.06. The van der Waals surface area contributed by atoms with E-state index >= 15 is 0 Å². The molecule has 2 aromatic rings. The zero-order valence-corrected chi connectivity index (χ0v) is 9.50. The predicted molar refractivity (Wildman–Crippen MR) is 65.6 cm³/mol. The van der Waals surface area contributed by atoms with E-state index in [0.717, 1.165) is 22.5 Å². The zero-order valence-electron chi connectivity index (χ0n) is 9.50. The summed E-state index contributed by atoms with van der Waals surface area (Å²) in [4.78, 5) is 0.